The fraction of sp³-hybridized carbons (Fsp3) is 0.538. The first kappa shape index (κ1) is 15.7. The second kappa shape index (κ2) is 6.85. The Morgan fingerprint density at radius 1 is 1.45 bits per heavy atom. The largest absolute Gasteiger partial charge is 0.316 e. The molecular weight excluding hydrogens is 303 g/mol. The van der Waals surface area contributed by atoms with E-state index in [1.54, 1.807) is 0 Å². The Hall–Kier alpha value is -0.690. The van der Waals surface area contributed by atoms with Gasteiger partial charge in [-0.2, -0.15) is 0 Å². The summed E-state index contributed by atoms with van der Waals surface area (Å²) in [6.45, 7) is 2.39. The van der Waals surface area contributed by atoms with Crippen LogP contribution >= 0.6 is 11.6 Å². The summed E-state index contributed by atoms with van der Waals surface area (Å²) in [5.41, 5.74) is 0.478. The molecule has 2 rings (SSSR count). The van der Waals surface area contributed by atoms with E-state index >= 15 is 0 Å². The smallest absolute Gasteiger partial charge is 0.215 e. The highest BCUT2D eigenvalue weighted by atomic mass is 35.5. The molecular formula is C13H18ClFN2O2S. The van der Waals surface area contributed by atoms with Crippen LogP contribution in [0.4, 0.5) is 4.39 Å². The van der Waals surface area contributed by atoms with Crippen molar-refractivity contribution >= 4 is 21.6 Å². The van der Waals surface area contributed by atoms with Gasteiger partial charge in [0.25, 0.3) is 0 Å². The van der Waals surface area contributed by atoms with Crippen molar-refractivity contribution in [3.63, 3.8) is 0 Å². The van der Waals surface area contributed by atoms with Crippen LogP contribution in [0.5, 0.6) is 0 Å². The molecule has 1 heterocycles. The number of rotatable bonds is 6. The number of nitrogens with one attached hydrogen (secondary N) is 2. The van der Waals surface area contributed by atoms with Gasteiger partial charge in [0.1, 0.15) is 5.82 Å². The molecule has 20 heavy (non-hydrogen) atoms. The molecule has 2 N–H and O–H groups in total. The van der Waals surface area contributed by atoms with E-state index in [0.29, 0.717) is 18.0 Å². The molecule has 1 aromatic carbocycles. The quantitative estimate of drug-likeness (QED) is 0.841. The van der Waals surface area contributed by atoms with Gasteiger partial charge in [0, 0.05) is 6.54 Å². The lowest BCUT2D eigenvalue weighted by Crippen LogP contribution is -2.27. The zero-order valence-electron chi connectivity index (χ0n) is 11.0. The molecule has 1 saturated heterocycles. The van der Waals surface area contributed by atoms with Gasteiger partial charge in [0.05, 0.1) is 10.8 Å². The summed E-state index contributed by atoms with van der Waals surface area (Å²) in [5.74, 6) is -0.192. The zero-order chi connectivity index (χ0) is 14.6. The summed E-state index contributed by atoms with van der Waals surface area (Å²) in [6.07, 6.45) is 1.92. The van der Waals surface area contributed by atoms with E-state index in [1.807, 2.05) is 0 Å². The molecule has 4 nitrogen and oxygen atoms in total. The molecule has 0 amide bonds. The van der Waals surface area contributed by atoms with Crippen molar-refractivity contribution in [2.45, 2.75) is 18.6 Å². The van der Waals surface area contributed by atoms with Gasteiger partial charge in [-0.15, -0.1) is 0 Å². The predicted molar refractivity (Wildman–Crippen MR) is 77.6 cm³/mol. The first-order valence-electron chi connectivity index (χ1n) is 6.58. The summed E-state index contributed by atoms with van der Waals surface area (Å²) in [4.78, 5) is 0. The molecule has 0 aromatic heterocycles. The fourth-order valence-electron chi connectivity index (χ4n) is 2.28. The van der Waals surface area contributed by atoms with Crippen molar-refractivity contribution < 1.29 is 12.8 Å². The fourth-order valence-corrected chi connectivity index (χ4v) is 3.63. The van der Waals surface area contributed by atoms with Gasteiger partial charge in [-0.1, -0.05) is 17.7 Å². The molecule has 1 fully saturated rings. The molecule has 0 spiro atoms. The van der Waals surface area contributed by atoms with Crippen molar-refractivity contribution in [2.24, 2.45) is 5.92 Å². The van der Waals surface area contributed by atoms with Gasteiger partial charge in [0.2, 0.25) is 10.0 Å². The first-order chi connectivity index (χ1) is 9.46. The average Bonchev–Trinajstić information content (AvgIpc) is 2.86. The van der Waals surface area contributed by atoms with Crippen LogP contribution < -0.4 is 10.0 Å². The third kappa shape index (κ3) is 4.70. The number of hydrogen-bond donors (Lipinski definition) is 2. The maximum atomic E-state index is 13.0. The highest BCUT2D eigenvalue weighted by molar-refractivity contribution is 7.88. The second-order valence-corrected chi connectivity index (χ2v) is 7.26. The molecule has 0 bridgehead atoms. The van der Waals surface area contributed by atoms with Crippen molar-refractivity contribution in [3.8, 4) is 0 Å². The summed E-state index contributed by atoms with van der Waals surface area (Å²) < 4.78 is 39.4. The SMILES string of the molecule is O=S(=O)(Cc1ccc(F)c(Cl)c1)NCCC1CCNC1. The zero-order valence-corrected chi connectivity index (χ0v) is 12.6. The van der Waals surface area contributed by atoms with Crippen LogP contribution in [0.15, 0.2) is 18.2 Å². The van der Waals surface area contributed by atoms with E-state index in [2.05, 4.69) is 10.0 Å². The van der Waals surface area contributed by atoms with E-state index in [0.717, 1.165) is 25.9 Å². The molecule has 112 valence electrons. The maximum Gasteiger partial charge on any atom is 0.215 e. The lowest BCUT2D eigenvalue weighted by Gasteiger charge is -2.10. The Morgan fingerprint density at radius 3 is 2.90 bits per heavy atom. The van der Waals surface area contributed by atoms with E-state index in [9.17, 15) is 12.8 Å². The van der Waals surface area contributed by atoms with Crippen LogP contribution in [-0.2, 0) is 15.8 Å². The third-order valence-corrected chi connectivity index (χ3v) is 5.02. The van der Waals surface area contributed by atoms with Gasteiger partial charge in [-0.25, -0.2) is 17.5 Å². The number of benzene rings is 1. The van der Waals surface area contributed by atoms with Crippen LogP contribution in [0.1, 0.15) is 18.4 Å². The van der Waals surface area contributed by atoms with Gasteiger partial charge in [-0.05, 0) is 49.5 Å². The molecule has 0 saturated carbocycles. The summed E-state index contributed by atoms with van der Waals surface area (Å²) in [6, 6.07) is 3.95. The summed E-state index contributed by atoms with van der Waals surface area (Å²) in [7, 11) is -3.41. The van der Waals surface area contributed by atoms with Crippen LogP contribution in [0.2, 0.25) is 5.02 Å². The Labute approximate surface area is 123 Å². The first-order valence-corrected chi connectivity index (χ1v) is 8.61. The molecule has 0 radical (unpaired) electrons. The number of sulfonamides is 1. The Kier molecular flexibility index (Phi) is 5.37. The van der Waals surface area contributed by atoms with Gasteiger partial charge < -0.3 is 5.32 Å². The van der Waals surface area contributed by atoms with Crippen LogP contribution in [0.3, 0.4) is 0 Å². The van der Waals surface area contributed by atoms with Gasteiger partial charge in [0.15, 0.2) is 0 Å². The normalized spacial score (nSPS) is 19.4. The van der Waals surface area contributed by atoms with E-state index in [-0.39, 0.29) is 10.8 Å². The van der Waals surface area contributed by atoms with Crippen molar-refractivity contribution in [3.05, 3.63) is 34.6 Å². The summed E-state index contributed by atoms with van der Waals surface area (Å²) in [5, 5.41) is 3.18. The highest BCUT2D eigenvalue weighted by Crippen LogP contribution is 2.17. The Balaban J connectivity index is 1.84. The lowest BCUT2D eigenvalue weighted by molar-refractivity contribution is 0.519. The minimum atomic E-state index is -3.41. The minimum Gasteiger partial charge on any atom is -0.316 e. The average molecular weight is 321 g/mol. The molecule has 0 aliphatic carbocycles. The second-order valence-electron chi connectivity index (χ2n) is 5.05. The Morgan fingerprint density at radius 2 is 2.25 bits per heavy atom. The minimum absolute atomic E-state index is 0.0604. The summed E-state index contributed by atoms with van der Waals surface area (Å²) >= 11 is 5.64. The van der Waals surface area contributed by atoms with E-state index in [1.165, 1.54) is 18.2 Å². The van der Waals surface area contributed by atoms with E-state index < -0.39 is 15.8 Å². The van der Waals surface area contributed by atoms with Crippen molar-refractivity contribution in [1.82, 2.24) is 10.0 Å². The predicted octanol–water partition coefficient (Wildman–Crippen LogP) is 1.90. The molecule has 7 heteroatoms. The Bertz CT molecular complexity index is 559. The number of hydrogen-bond acceptors (Lipinski definition) is 3. The number of halogens is 2. The highest BCUT2D eigenvalue weighted by Gasteiger charge is 2.16. The molecule has 1 unspecified atom stereocenters. The van der Waals surface area contributed by atoms with E-state index in [4.69, 9.17) is 11.6 Å². The monoisotopic (exact) mass is 320 g/mol. The topological polar surface area (TPSA) is 58.2 Å². The molecule has 1 aromatic rings. The molecule has 1 atom stereocenters. The third-order valence-electron chi connectivity index (χ3n) is 3.38. The van der Waals surface area contributed by atoms with Crippen LogP contribution in [0, 0.1) is 11.7 Å². The standard InChI is InChI=1S/C13H18ClFN2O2S/c14-12-7-11(1-2-13(12)15)9-20(18,19)17-6-4-10-3-5-16-8-10/h1-2,7,10,16-17H,3-6,8-9H2. The van der Waals surface area contributed by atoms with Gasteiger partial charge >= 0.3 is 0 Å². The molecule has 1 aliphatic rings. The molecule has 1 aliphatic heterocycles. The van der Waals surface area contributed by atoms with Crippen molar-refractivity contribution in [2.75, 3.05) is 19.6 Å². The lowest BCUT2D eigenvalue weighted by atomic mass is 10.1. The maximum absolute atomic E-state index is 13.0. The van der Waals surface area contributed by atoms with Crippen molar-refractivity contribution in [1.29, 1.82) is 0 Å². The van der Waals surface area contributed by atoms with Crippen LogP contribution in [-0.4, -0.2) is 28.1 Å². The van der Waals surface area contributed by atoms with Gasteiger partial charge in [-0.3, -0.25) is 0 Å². The van der Waals surface area contributed by atoms with Crippen LogP contribution in [0.25, 0.3) is 0 Å².